The molecule has 1 aromatic carbocycles. The molecule has 3 atom stereocenters. The highest BCUT2D eigenvalue weighted by Crippen LogP contribution is 2.19. The Morgan fingerprint density at radius 1 is 0.973 bits per heavy atom. The summed E-state index contributed by atoms with van der Waals surface area (Å²) >= 11 is 0. The molecule has 0 spiro atoms. The second kappa shape index (κ2) is 12.3. The Bertz CT molecular complexity index is 1270. The first kappa shape index (κ1) is 26.9. The van der Waals surface area contributed by atoms with Gasteiger partial charge < -0.3 is 41.9 Å². The minimum absolute atomic E-state index is 0.0335. The Morgan fingerprint density at radius 2 is 1.73 bits per heavy atom. The van der Waals surface area contributed by atoms with Crippen LogP contribution in [-0.4, -0.2) is 79.5 Å². The number of nitrogens with two attached hydrogens (primary N) is 1. The molecule has 0 aliphatic carbocycles. The molecule has 0 saturated carbocycles. The van der Waals surface area contributed by atoms with E-state index in [1.54, 1.807) is 12.3 Å². The van der Waals surface area contributed by atoms with Crippen molar-refractivity contribution in [2.24, 2.45) is 5.73 Å². The average Bonchev–Trinajstić information content (AvgIpc) is 3.51. The Hall–Kier alpha value is -4.72. The molecule has 3 amide bonds. The number of carbonyl (C=O) groups is 5. The lowest BCUT2D eigenvalue weighted by molar-refractivity contribution is -0.147. The summed E-state index contributed by atoms with van der Waals surface area (Å²) < 4.78 is 0. The van der Waals surface area contributed by atoms with Crippen molar-refractivity contribution in [3.63, 3.8) is 0 Å². The number of fused-ring (bicyclic) bond motifs is 1. The van der Waals surface area contributed by atoms with Gasteiger partial charge in [-0.1, -0.05) is 18.2 Å². The number of nitrogens with one attached hydrogen (secondary N) is 5. The molecule has 0 fully saturated rings. The topological polar surface area (TPSA) is 232 Å². The molecule has 14 heteroatoms. The van der Waals surface area contributed by atoms with E-state index >= 15 is 0 Å². The molecule has 3 unspecified atom stereocenters. The molecule has 9 N–H and O–H groups in total. The number of H-pyrrole nitrogens is 2. The Balaban J connectivity index is 1.68. The van der Waals surface area contributed by atoms with Crippen LogP contribution in [0.25, 0.3) is 10.9 Å². The minimum Gasteiger partial charge on any atom is -0.481 e. The zero-order valence-electron chi connectivity index (χ0n) is 19.6. The number of nitrogens with zero attached hydrogens (tertiary/aromatic N) is 1. The normalized spacial score (nSPS) is 13.3. The summed E-state index contributed by atoms with van der Waals surface area (Å²) in [5.74, 6) is -5.18. The standard InChI is InChI=1S/C23H27N7O7/c24-15(6-13-9-25-11-28-13)21(34)27-10-19(31)29-17(22(35)30-18(23(36)37)7-20(32)33)5-12-8-26-16-4-2-1-3-14(12)16/h1-4,8-9,11,15,17-18,26H,5-7,10,24H2,(H,25,28)(H,27,34)(H,29,31)(H,30,35)(H,32,33)(H,36,37). The van der Waals surface area contributed by atoms with E-state index in [1.807, 2.05) is 18.2 Å². The van der Waals surface area contributed by atoms with Crippen LogP contribution >= 0.6 is 0 Å². The number of hydrogen-bond donors (Lipinski definition) is 8. The van der Waals surface area contributed by atoms with Gasteiger partial charge >= 0.3 is 11.9 Å². The predicted octanol–water partition coefficient (Wildman–Crippen LogP) is -1.35. The van der Waals surface area contributed by atoms with Crippen LogP contribution in [0.15, 0.2) is 43.0 Å². The summed E-state index contributed by atoms with van der Waals surface area (Å²) in [7, 11) is 0. The van der Waals surface area contributed by atoms with Crippen LogP contribution in [0.2, 0.25) is 0 Å². The number of aromatic amines is 2. The number of imidazole rings is 1. The van der Waals surface area contributed by atoms with Crippen molar-refractivity contribution < 1.29 is 34.2 Å². The average molecular weight is 514 g/mol. The third-order valence-corrected chi connectivity index (χ3v) is 5.50. The number of carbonyl (C=O) groups excluding carboxylic acids is 3. The first-order chi connectivity index (χ1) is 17.6. The number of hydrogen-bond acceptors (Lipinski definition) is 7. The molecule has 0 saturated heterocycles. The van der Waals surface area contributed by atoms with Gasteiger partial charge in [-0.05, 0) is 11.6 Å². The van der Waals surface area contributed by atoms with Crippen molar-refractivity contribution in [2.75, 3.05) is 6.54 Å². The molecule has 37 heavy (non-hydrogen) atoms. The fourth-order valence-electron chi connectivity index (χ4n) is 3.65. The fourth-order valence-corrected chi connectivity index (χ4v) is 3.65. The van der Waals surface area contributed by atoms with Crippen LogP contribution in [0.3, 0.4) is 0 Å². The van der Waals surface area contributed by atoms with Crippen molar-refractivity contribution in [1.29, 1.82) is 0 Å². The number of aromatic nitrogens is 3. The van der Waals surface area contributed by atoms with E-state index in [1.165, 1.54) is 12.5 Å². The van der Waals surface area contributed by atoms with E-state index < -0.39 is 60.8 Å². The number of para-hydroxylation sites is 1. The number of carboxylic acids is 2. The van der Waals surface area contributed by atoms with E-state index in [0.717, 1.165) is 10.9 Å². The lowest BCUT2D eigenvalue weighted by atomic mass is 10.0. The Kier molecular flexibility index (Phi) is 8.94. The summed E-state index contributed by atoms with van der Waals surface area (Å²) in [5.41, 5.74) is 7.93. The van der Waals surface area contributed by atoms with Crippen molar-refractivity contribution >= 4 is 40.6 Å². The van der Waals surface area contributed by atoms with Crippen LogP contribution in [0.4, 0.5) is 0 Å². The van der Waals surface area contributed by atoms with Crippen molar-refractivity contribution in [1.82, 2.24) is 30.9 Å². The predicted molar refractivity (Wildman–Crippen MR) is 129 cm³/mol. The first-order valence-corrected chi connectivity index (χ1v) is 11.2. The third kappa shape index (κ3) is 7.63. The van der Waals surface area contributed by atoms with Gasteiger partial charge in [-0.15, -0.1) is 0 Å². The molecule has 2 aromatic heterocycles. The van der Waals surface area contributed by atoms with Gasteiger partial charge in [-0.25, -0.2) is 9.78 Å². The maximum Gasteiger partial charge on any atom is 0.326 e. The Morgan fingerprint density at radius 3 is 2.41 bits per heavy atom. The first-order valence-electron chi connectivity index (χ1n) is 11.2. The molecule has 196 valence electrons. The highest BCUT2D eigenvalue weighted by atomic mass is 16.4. The number of rotatable bonds is 13. The molecule has 3 aromatic rings. The number of aliphatic carboxylic acids is 2. The number of benzene rings is 1. The molecule has 0 aliphatic rings. The second-order valence-electron chi connectivity index (χ2n) is 8.29. The van der Waals surface area contributed by atoms with E-state index in [0.29, 0.717) is 11.3 Å². The third-order valence-electron chi connectivity index (χ3n) is 5.50. The number of amides is 3. The summed E-state index contributed by atoms with van der Waals surface area (Å²) in [4.78, 5) is 70.0. The lowest BCUT2D eigenvalue weighted by Gasteiger charge is -2.21. The van der Waals surface area contributed by atoms with E-state index in [-0.39, 0.29) is 12.8 Å². The van der Waals surface area contributed by atoms with E-state index in [9.17, 15) is 29.1 Å². The van der Waals surface area contributed by atoms with Crippen molar-refractivity contribution in [3.8, 4) is 0 Å². The largest absolute Gasteiger partial charge is 0.481 e. The van der Waals surface area contributed by atoms with Gasteiger partial charge in [-0.3, -0.25) is 19.2 Å². The van der Waals surface area contributed by atoms with Crippen molar-refractivity contribution in [3.05, 3.63) is 54.2 Å². The van der Waals surface area contributed by atoms with Crippen LogP contribution < -0.4 is 21.7 Å². The zero-order valence-corrected chi connectivity index (χ0v) is 19.6. The van der Waals surface area contributed by atoms with Gasteiger partial charge in [0.05, 0.1) is 25.3 Å². The maximum absolute atomic E-state index is 13.0. The maximum atomic E-state index is 13.0. The van der Waals surface area contributed by atoms with Crippen molar-refractivity contribution in [2.45, 2.75) is 37.4 Å². The molecular formula is C23H27N7O7. The quantitative estimate of drug-likeness (QED) is 0.135. The fraction of sp³-hybridized carbons (Fsp3) is 0.304. The molecular weight excluding hydrogens is 486 g/mol. The lowest BCUT2D eigenvalue weighted by Crippen LogP contribution is -2.54. The summed E-state index contributed by atoms with van der Waals surface area (Å²) in [5, 5.41) is 26.1. The zero-order chi connectivity index (χ0) is 26.9. The second-order valence-corrected chi connectivity index (χ2v) is 8.29. The molecule has 0 radical (unpaired) electrons. The SMILES string of the molecule is NC(Cc1cnc[nH]1)C(=O)NCC(=O)NC(Cc1c[nH]c2ccccc12)C(=O)NC(CC(=O)O)C(=O)O. The van der Waals surface area contributed by atoms with E-state index in [2.05, 4.69) is 30.9 Å². The monoisotopic (exact) mass is 513 g/mol. The smallest absolute Gasteiger partial charge is 0.326 e. The summed E-state index contributed by atoms with van der Waals surface area (Å²) in [6.45, 7) is -0.495. The van der Waals surface area contributed by atoms with Crippen LogP contribution in [0.5, 0.6) is 0 Å². The molecule has 0 bridgehead atoms. The molecule has 0 aliphatic heterocycles. The highest BCUT2D eigenvalue weighted by molar-refractivity contribution is 5.94. The van der Waals surface area contributed by atoms with Gasteiger partial charge in [0.2, 0.25) is 17.7 Å². The van der Waals surface area contributed by atoms with Gasteiger partial charge in [-0.2, -0.15) is 0 Å². The van der Waals surface area contributed by atoms with Gasteiger partial charge in [0.1, 0.15) is 12.1 Å². The highest BCUT2D eigenvalue weighted by Gasteiger charge is 2.29. The van der Waals surface area contributed by atoms with E-state index in [4.69, 9.17) is 10.8 Å². The molecule has 3 rings (SSSR count). The van der Waals surface area contributed by atoms with Crippen LogP contribution in [0.1, 0.15) is 17.7 Å². The van der Waals surface area contributed by atoms with Crippen LogP contribution in [-0.2, 0) is 36.8 Å². The summed E-state index contributed by atoms with van der Waals surface area (Å²) in [6.07, 6.45) is 3.89. The minimum atomic E-state index is -1.70. The van der Waals surface area contributed by atoms with Gasteiger partial charge in [0.25, 0.3) is 0 Å². The van der Waals surface area contributed by atoms with Gasteiger partial charge in [0, 0.05) is 41.8 Å². The summed E-state index contributed by atoms with van der Waals surface area (Å²) in [6, 6.07) is 3.32. The van der Waals surface area contributed by atoms with Gasteiger partial charge in [0.15, 0.2) is 0 Å². The van der Waals surface area contributed by atoms with Crippen LogP contribution in [0, 0.1) is 0 Å². The Labute approximate surface area is 210 Å². The number of carboxylic acid groups (broad SMARTS) is 2. The molecule has 2 heterocycles. The molecule has 14 nitrogen and oxygen atoms in total.